The number of nitrogen functional groups attached to an aromatic ring is 1. The van der Waals surface area contributed by atoms with E-state index in [2.05, 4.69) is 15.4 Å². The molecule has 0 bridgehead atoms. The second-order valence-electron chi connectivity index (χ2n) is 7.13. The fraction of sp³-hybridized carbons (Fsp3) is 0.300. The number of anilines is 1. The summed E-state index contributed by atoms with van der Waals surface area (Å²) in [5.74, 6) is -0.0915. The van der Waals surface area contributed by atoms with E-state index >= 15 is 0 Å². The Morgan fingerprint density at radius 2 is 2.10 bits per heavy atom. The van der Waals surface area contributed by atoms with Crippen molar-refractivity contribution in [3.05, 3.63) is 58.2 Å². The number of nitrogens with one attached hydrogen (secondary N) is 1. The van der Waals surface area contributed by atoms with Crippen LogP contribution >= 0.6 is 23.2 Å². The monoisotopic (exact) mass is 451 g/mol. The van der Waals surface area contributed by atoms with E-state index in [1.54, 1.807) is 30.1 Å². The van der Waals surface area contributed by atoms with E-state index in [0.717, 1.165) is 11.1 Å². The highest BCUT2D eigenvalue weighted by Gasteiger charge is 2.27. The van der Waals surface area contributed by atoms with Gasteiger partial charge in [-0.2, -0.15) is 5.10 Å². The lowest BCUT2D eigenvalue weighted by Gasteiger charge is -2.19. The van der Waals surface area contributed by atoms with Gasteiger partial charge in [0.05, 0.1) is 23.4 Å². The number of hydrogen-bond donors (Lipinski definition) is 3. The van der Waals surface area contributed by atoms with Crippen LogP contribution in [0.5, 0.6) is 5.75 Å². The molecule has 0 saturated carbocycles. The van der Waals surface area contributed by atoms with Crippen LogP contribution < -0.4 is 15.8 Å². The van der Waals surface area contributed by atoms with Crippen LogP contribution in [0, 0.1) is 5.82 Å². The number of ether oxygens (including phenoxy) is 1. The largest absolute Gasteiger partial charge is 0.482 e. The first-order valence-electron chi connectivity index (χ1n) is 9.34. The molecule has 3 aromatic rings. The minimum absolute atomic E-state index is 0.0947. The lowest BCUT2D eigenvalue weighted by molar-refractivity contribution is 0.145. The zero-order valence-electron chi connectivity index (χ0n) is 16.0. The SMILES string of the molecule is C[C@@H](Oc1cc(-c2cnn(C3CNCC3O)c2)cnc1N)c1c(Cl)ccc(F)c1Cl. The molecule has 0 aliphatic carbocycles. The number of rotatable bonds is 5. The van der Waals surface area contributed by atoms with Crippen LogP contribution in [0.2, 0.25) is 10.0 Å². The van der Waals surface area contributed by atoms with Crippen molar-refractivity contribution < 1.29 is 14.2 Å². The molecular weight excluding hydrogens is 432 g/mol. The molecule has 2 unspecified atom stereocenters. The third kappa shape index (κ3) is 3.96. The quantitative estimate of drug-likeness (QED) is 0.512. The maximum atomic E-state index is 13.9. The van der Waals surface area contributed by atoms with E-state index in [-0.39, 0.29) is 16.9 Å². The van der Waals surface area contributed by atoms with E-state index in [0.29, 0.717) is 29.4 Å². The van der Waals surface area contributed by atoms with Gasteiger partial charge >= 0.3 is 0 Å². The van der Waals surface area contributed by atoms with Crippen molar-refractivity contribution in [2.75, 3.05) is 18.8 Å². The topological polar surface area (TPSA) is 98.2 Å². The summed E-state index contributed by atoms with van der Waals surface area (Å²) in [6.07, 6.45) is 3.97. The number of aliphatic hydroxyl groups is 1. The van der Waals surface area contributed by atoms with Crippen molar-refractivity contribution in [2.24, 2.45) is 0 Å². The number of halogens is 3. The molecule has 0 amide bonds. The Labute approximate surface area is 182 Å². The summed E-state index contributed by atoms with van der Waals surface area (Å²) in [5.41, 5.74) is 7.84. The summed E-state index contributed by atoms with van der Waals surface area (Å²) >= 11 is 12.3. The fourth-order valence-electron chi connectivity index (χ4n) is 3.46. The zero-order chi connectivity index (χ0) is 21.4. The molecule has 158 valence electrons. The van der Waals surface area contributed by atoms with Gasteiger partial charge in [-0.1, -0.05) is 23.2 Å². The lowest BCUT2D eigenvalue weighted by Crippen LogP contribution is -2.22. The highest BCUT2D eigenvalue weighted by atomic mass is 35.5. The predicted molar refractivity (Wildman–Crippen MR) is 113 cm³/mol. The molecule has 7 nitrogen and oxygen atoms in total. The van der Waals surface area contributed by atoms with Crippen LogP contribution in [0.15, 0.2) is 36.8 Å². The van der Waals surface area contributed by atoms with Gasteiger partial charge in [0.2, 0.25) is 0 Å². The van der Waals surface area contributed by atoms with Gasteiger partial charge in [-0.3, -0.25) is 4.68 Å². The van der Waals surface area contributed by atoms with E-state index < -0.39 is 18.0 Å². The number of nitrogens with two attached hydrogens (primary N) is 1. The summed E-state index contributed by atoms with van der Waals surface area (Å²) in [6, 6.07) is 4.22. The molecule has 3 atom stereocenters. The molecular formula is C20H20Cl2FN5O2. The van der Waals surface area contributed by atoms with Gasteiger partial charge < -0.3 is 20.9 Å². The van der Waals surface area contributed by atoms with E-state index in [9.17, 15) is 9.50 Å². The van der Waals surface area contributed by atoms with Crippen molar-refractivity contribution in [1.29, 1.82) is 0 Å². The highest BCUT2D eigenvalue weighted by molar-refractivity contribution is 6.36. The summed E-state index contributed by atoms with van der Waals surface area (Å²) in [7, 11) is 0. The Hall–Kier alpha value is -2.39. The second kappa shape index (κ2) is 8.39. The maximum absolute atomic E-state index is 13.9. The molecule has 4 rings (SSSR count). The zero-order valence-corrected chi connectivity index (χ0v) is 17.5. The lowest BCUT2D eigenvalue weighted by atomic mass is 10.1. The van der Waals surface area contributed by atoms with Crippen molar-refractivity contribution in [3.8, 4) is 16.9 Å². The molecule has 1 aliphatic heterocycles. The summed E-state index contributed by atoms with van der Waals surface area (Å²) in [4.78, 5) is 4.20. The summed E-state index contributed by atoms with van der Waals surface area (Å²) in [5, 5.41) is 17.7. The van der Waals surface area contributed by atoms with Crippen LogP contribution in [-0.4, -0.2) is 39.1 Å². The van der Waals surface area contributed by atoms with Gasteiger partial charge in [0, 0.05) is 47.2 Å². The van der Waals surface area contributed by atoms with Crippen molar-refractivity contribution >= 4 is 29.0 Å². The van der Waals surface area contributed by atoms with Crippen molar-refractivity contribution in [3.63, 3.8) is 0 Å². The molecule has 1 aliphatic rings. The Bertz CT molecular complexity index is 1080. The number of aromatic nitrogens is 3. The van der Waals surface area contributed by atoms with E-state index in [1.807, 2.05) is 6.20 Å². The van der Waals surface area contributed by atoms with Gasteiger partial charge in [-0.15, -0.1) is 0 Å². The van der Waals surface area contributed by atoms with Crippen LogP contribution in [-0.2, 0) is 0 Å². The van der Waals surface area contributed by atoms with E-state index in [4.69, 9.17) is 33.7 Å². The molecule has 1 saturated heterocycles. The average Bonchev–Trinajstić information content (AvgIpc) is 3.35. The predicted octanol–water partition coefficient (Wildman–Crippen LogP) is 3.62. The third-order valence-corrected chi connectivity index (χ3v) is 5.81. The first kappa shape index (κ1) is 20.9. The molecule has 1 fully saturated rings. The van der Waals surface area contributed by atoms with Crippen molar-refractivity contribution in [1.82, 2.24) is 20.1 Å². The number of β-amino-alcohol motifs (C(OH)–C–C–N with tert-alkyl or cyclic N) is 1. The van der Waals surface area contributed by atoms with Crippen LogP contribution in [0.4, 0.5) is 10.2 Å². The molecule has 0 radical (unpaired) electrons. The summed E-state index contributed by atoms with van der Waals surface area (Å²) < 4.78 is 21.5. The first-order chi connectivity index (χ1) is 14.3. The number of pyridine rings is 1. The Balaban J connectivity index is 1.60. The maximum Gasteiger partial charge on any atom is 0.166 e. The van der Waals surface area contributed by atoms with Crippen LogP contribution in [0.1, 0.15) is 24.6 Å². The Morgan fingerprint density at radius 1 is 1.30 bits per heavy atom. The number of benzene rings is 1. The van der Waals surface area contributed by atoms with Gasteiger partial charge in [0.1, 0.15) is 11.9 Å². The summed E-state index contributed by atoms with van der Waals surface area (Å²) in [6.45, 7) is 2.87. The number of aliphatic hydroxyl groups excluding tert-OH is 1. The Morgan fingerprint density at radius 3 is 2.83 bits per heavy atom. The molecule has 3 heterocycles. The molecule has 0 spiro atoms. The van der Waals surface area contributed by atoms with Crippen LogP contribution in [0.3, 0.4) is 0 Å². The second-order valence-corrected chi connectivity index (χ2v) is 7.91. The van der Waals surface area contributed by atoms with Gasteiger partial charge in [-0.05, 0) is 25.1 Å². The van der Waals surface area contributed by atoms with Crippen LogP contribution in [0.25, 0.3) is 11.1 Å². The molecule has 10 heteroatoms. The van der Waals surface area contributed by atoms with E-state index in [1.165, 1.54) is 12.1 Å². The van der Waals surface area contributed by atoms with Crippen molar-refractivity contribution in [2.45, 2.75) is 25.2 Å². The molecule has 4 N–H and O–H groups in total. The number of nitrogens with zero attached hydrogens (tertiary/aromatic N) is 3. The number of hydrogen-bond acceptors (Lipinski definition) is 6. The highest BCUT2D eigenvalue weighted by Crippen LogP contribution is 2.37. The minimum Gasteiger partial charge on any atom is -0.482 e. The average molecular weight is 452 g/mol. The standard InChI is InChI=1S/C20H20Cl2FN5O2/c1-10(18-13(21)2-3-14(23)19(18)22)30-17-4-11(5-26-20(17)24)12-6-27-28(9-12)15-7-25-8-16(15)29/h2-6,9-10,15-16,25,29H,7-8H2,1H3,(H2,24,26)/t10-,15?,16?/m1/s1. The smallest absolute Gasteiger partial charge is 0.166 e. The normalized spacial score (nSPS) is 19.8. The fourth-order valence-corrected chi connectivity index (χ4v) is 4.14. The first-order valence-corrected chi connectivity index (χ1v) is 10.1. The molecule has 1 aromatic carbocycles. The third-order valence-electron chi connectivity index (χ3n) is 5.10. The van der Waals surface area contributed by atoms with Gasteiger partial charge in [0.15, 0.2) is 11.6 Å². The van der Waals surface area contributed by atoms with Gasteiger partial charge in [-0.25, -0.2) is 9.37 Å². The molecule has 2 aromatic heterocycles. The van der Waals surface area contributed by atoms with Gasteiger partial charge in [0.25, 0.3) is 0 Å². The Kier molecular flexibility index (Phi) is 5.84. The molecule has 30 heavy (non-hydrogen) atoms. The minimum atomic E-state index is -0.664.